The number of hydrogen-bond acceptors (Lipinski definition) is 6. The van der Waals surface area contributed by atoms with Crippen LogP contribution in [0.4, 0.5) is 0 Å². The first kappa shape index (κ1) is 22.0. The summed E-state index contributed by atoms with van der Waals surface area (Å²) >= 11 is 7.55. The minimum atomic E-state index is -0.669. The number of fused-ring (bicyclic) bond motifs is 1. The molecule has 1 aliphatic rings. The summed E-state index contributed by atoms with van der Waals surface area (Å²) in [5.41, 5.74) is 2.19. The third kappa shape index (κ3) is 3.78. The van der Waals surface area contributed by atoms with E-state index >= 15 is 0 Å². The summed E-state index contributed by atoms with van der Waals surface area (Å²) in [4.78, 5) is 31.3. The molecule has 0 N–H and O–H groups in total. The fraction of sp³-hybridized carbons (Fsp3) is 0.208. The molecule has 0 amide bonds. The fourth-order valence-corrected chi connectivity index (χ4v) is 5.07. The van der Waals surface area contributed by atoms with Crippen LogP contribution in [0.2, 0.25) is 5.02 Å². The molecule has 32 heavy (non-hydrogen) atoms. The Bertz CT molecular complexity index is 1430. The third-order valence-corrected chi connectivity index (χ3v) is 6.66. The van der Waals surface area contributed by atoms with Crippen molar-refractivity contribution >= 4 is 34.8 Å². The van der Waals surface area contributed by atoms with Crippen LogP contribution in [-0.4, -0.2) is 24.6 Å². The SMILES string of the molecule is COc1ccc(C2C(C(C)=O)=C(C)N=c3s/c(=C\c4ccccc4Cl)c(=O)n32)c(OC)c1. The largest absolute Gasteiger partial charge is 0.497 e. The van der Waals surface area contributed by atoms with E-state index in [2.05, 4.69) is 4.99 Å². The summed E-state index contributed by atoms with van der Waals surface area (Å²) in [6.07, 6.45) is 1.75. The fourth-order valence-electron chi connectivity index (χ4n) is 3.84. The number of methoxy groups -OCH3 is 2. The molecule has 0 spiro atoms. The van der Waals surface area contributed by atoms with Crippen molar-refractivity contribution in [1.82, 2.24) is 4.57 Å². The maximum absolute atomic E-state index is 13.6. The Balaban J connectivity index is 2.02. The molecule has 0 aliphatic carbocycles. The Hall–Kier alpha value is -3.16. The normalized spacial score (nSPS) is 15.9. The van der Waals surface area contributed by atoms with E-state index in [-0.39, 0.29) is 11.3 Å². The maximum atomic E-state index is 13.6. The van der Waals surface area contributed by atoms with Gasteiger partial charge >= 0.3 is 0 Å². The van der Waals surface area contributed by atoms with Crippen molar-refractivity contribution in [2.75, 3.05) is 14.2 Å². The van der Waals surface area contributed by atoms with E-state index in [1.165, 1.54) is 18.3 Å². The molecule has 1 aromatic heterocycles. The van der Waals surface area contributed by atoms with Crippen LogP contribution in [0.1, 0.15) is 31.0 Å². The van der Waals surface area contributed by atoms with E-state index in [1.807, 2.05) is 24.3 Å². The molecule has 2 aromatic carbocycles. The Morgan fingerprint density at radius 2 is 1.94 bits per heavy atom. The summed E-state index contributed by atoms with van der Waals surface area (Å²) < 4.78 is 12.9. The Morgan fingerprint density at radius 1 is 1.19 bits per heavy atom. The van der Waals surface area contributed by atoms with Crippen LogP contribution in [-0.2, 0) is 4.79 Å². The monoisotopic (exact) mass is 468 g/mol. The summed E-state index contributed by atoms with van der Waals surface area (Å²) in [6, 6.07) is 12.0. The number of nitrogens with zero attached hydrogens (tertiary/aromatic N) is 2. The molecule has 6 nitrogen and oxygen atoms in total. The van der Waals surface area contributed by atoms with Crippen LogP contribution in [0, 0.1) is 0 Å². The van der Waals surface area contributed by atoms with Crippen LogP contribution < -0.4 is 24.4 Å². The number of ketones is 1. The highest BCUT2D eigenvalue weighted by Crippen LogP contribution is 2.37. The van der Waals surface area contributed by atoms with Crippen LogP contribution in [0.3, 0.4) is 0 Å². The number of thiazole rings is 1. The van der Waals surface area contributed by atoms with E-state index in [4.69, 9.17) is 21.1 Å². The van der Waals surface area contributed by atoms with Gasteiger partial charge in [-0.3, -0.25) is 14.2 Å². The maximum Gasteiger partial charge on any atom is 0.271 e. The molecular formula is C24H21ClN2O4S. The second kappa shape index (κ2) is 8.76. The zero-order chi connectivity index (χ0) is 23.0. The molecular weight excluding hydrogens is 448 g/mol. The number of ether oxygens (including phenoxy) is 2. The predicted octanol–water partition coefficient (Wildman–Crippen LogP) is 3.49. The molecule has 8 heteroatoms. The number of halogens is 1. The van der Waals surface area contributed by atoms with Crippen molar-refractivity contribution in [3.63, 3.8) is 0 Å². The van der Waals surface area contributed by atoms with Gasteiger partial charge in [-0.1, -0.05) is 41.1 Å². The van der Waals surface area contributed by atoms with Gasteiger partial charge < -0.3 is 9.47 Å². The smallest absolute Gasteiger partial charge is 0.271 e. The molecule has 0 fully saturated rings. The lowest BCUT2D eigenvalue weighted by Gasteiger charge is -2.26. The highest BCUT2D eigenvalue weighted by molar-refractivity contribution is 7.07. The van der Waals surface area contributed by atoms with E-state index in [1.54, 1.807) is 50.0 Å². The van der Waals surface area contributed by atoms with Gasteiger partial charge in [-0.2, -0.15) is 0 Å². The van der Waals surface area contributed by atoms with Gasteiger partial charge in [0.05, 0.1) is 24.8 Å². The van der Waals surface area contributed by atoms with Gasteiger partial charge in [-0.05, 0) is 43.7 Å². The highest BCUT2D eigenvalue weighted by Gasteiger charge is 2.32. The van der Waals surface area contributed by atoms with Crippen molar-refractivity contribution in [2.24, 2.45) is 4.99 Å². The lowest BCUT2D eigenvalue weighted by Crippen LogP contribution is -2.39. The number of carbonyl (C=O) groups is 1. The summed E-state index contributed by atoms with van der Waals surface area (Å²) in [5, 5.41) is 0.548. The minimum absolute atomic E-state index is 0.158. The molecule has 0 bridgehead atoms. The van der Waals surface area contributed by atoms with Gasteiger partial charge in [0.1, 0.15) is 11.5 Å². The van der Waals surface area contributed by atoms with Crippen molar-refractivity contribution in [1.29, 1.82) is 0 Å². The van der Waals surface area contributed by atoms with Crippen molar-refractivity contribution in [3.8, 4) is 11.5 Å². The van der Waals surface area contributed by atoms with Gasteiger partial charge in [0, 0.05) is 27.9 Å². The predicted molar refractivity (Wildman–Crippen MR) is 125 cm³/mol. The first-order valence-electron chi connectivity index (χ1n) is 9.85. The molecule has 0 saturated heterocycles. The quantitative estimate of drug-likeness (QED) is 0.574. The van der Waals surface area contributed by atoms with Crippen molar-refractivity contribution < 1.29 is 14.3 Å². The van der Waals surface area contributed by atoms with Crippen LogP contribution in [0.15, 0.2) is 63.5 Å². The Labute approximate surface area is 193 Å². The average molecular weight is 469 g/mol. The van der Waals surface area contributed by atoms with E-state index < -0.39 is 6.04 Å². The zero-order valence-corrected chi connectivity index (χ0v) is 19.6. The standard InChI is InChI=1S/C24H21ClN2O4S/c1-13-21(14(2)28)22(17-10-9-16(30-3)12-19(17)31-4)27-23(29)20(32-24(27)26-13)11-15-7-5-6-8-18(15)25/h5-12,22H,1-4H3/b20-11-. The molecule has 2 heterocycles. The third-order valence-electron chi connectivity index (χ3n) is 5.33. The first-order valence-corrected chi connectivity index (χ1v) is 11.0. The number of allylic oxidation sites excluding steroid dienone is 2. The van der Waals surface area contributed by atoms with E-state index in [0.29, 0.717) is 42.7 Å². The van der Waals surface area contributed by atoms with Gasteiger partial charge in [0.15, 0.2) is 10.6 Å². The first-order chi connectivity index (χ1) is 15.3. The summed E-state index contributed by atoms with van der Waals surface area (Å²) in [5.74, 6) is 0.972. The molecule has 0 radical (unpaired) electrons. The number of carbonyl (C=O) groups excluding carboxylic acids is 1. The van der Waals surface area contributed by atoms with Gasteiger partial charge in [0.25, 0.3) is 5.56 Å². The van der Waals surface area contributed by atoms with Gasteiger partial charge in [-0.15, -0.1) is 0 Å². The summed E-state index contributed by atoms with van der Waals surface area (Å²) in [7, 11) is 3.11. The number of hydrogen-bond donors (Lipinski definition) is 0. The Kier molecular flexibility index (Phi) is 6.04. The molecule has 1 unspecified atom stereocenters. The van der Waals surface area contributed by atoms with Crippen molar-refractivity contribution in [3.05, 3.63) is 89.6 Å². The van der Waals surface area contributed by atoms with Crippen LogP contribution in [0.25, 0.3) is 6.08 Å². The van der Waals surface area contributed by atoms with Crippen LogP contribution in [0.5, 0.6) is 11.5 Å². The highest BCUT2D eigenvalue weighted by atomic mass is 35.5. The molecule has 164 valence electrons. The van der Waals surface area contributed by atoms with Crippen molar-refractivity contribution in [2.45, 2.75) is 19.9 Å². The van der Waals surface area contributed by atoms with Gasteiger partial charge in [0.2, 0.25) is 0 Å². The molecule has 1 atom stereocenters. The average Bonchev–Trinajstić information content (AvgIpc) is 3.08. The Morgan fingerprint density at radius 3 is 2.59 bits per heavy atom. The topological polar surface area (TPSA) is 69.9 Å². The molecule has 0 saturated carbocycles. The number of rotatable bonds is 5. The van der Waals surface area contributed by atoms with Gasteiger partial charge in [-0.25, -0.2) is 4.99 Å². The number of Topliss-reactive ketones (excluding diaryl/α,β-unsaturated/α-hetero) is 1. The molecule has 4 rings (SSSR count). The minimum Gasteiger partial charge on any atom is -0.497 e. The molecule has 3 aromatic rings. The van der Waals surface area contributed by atoms with E-state index in [9.17, 15) is 9.59 Å². The number of aromatic nitrogens is 1. The van der Waals surface area contributed by atoms with Crippen LogP contribution >= 0.6 is 22.9 Å². The second-order valence-electron chi connectivity index (χ2n) is 7.27. The zero-order valence-electron chi connectivity index (χ0n) is 18.0. The number of benzene rings is 2. The molecule has 1 aliphatic heterocycles. The van der Waals surface area contributed by atoms with E-state index in [0.717, 1.165) is 5.56 Å². The second-order valence-corrected chi connectivity index (χ2v) is 8.68. The summed E-state index contributed by atoms with van der Waals surface area (Å²) in [6.45, 7) is 3.27. The lowest BCUT2D eigenvalue weighted by molar-refractivity contribution is -0.114. The lowest BCUT2D eigenvalue weighted by atomic mass is 9.92.